The number of hydrogen-bond acceptors (Lipinski definition) is 3. The van der Waals surface area contributed by atoms with Crippen LogP contribution in [-0.4, -0.2) is 31.4 Å². The van der Waals surface area contributed by atoms with Gasteiger partial charge in [0.25, 0.3) is 5.91 Å². The number of hydrogen-bond donors (Lipinski definition) is 3. The van der Waals surface area contributed by atoms with E-state index in [1.807, 2.05) is 31.2 Å². The lowest BCUT2D eigenvalue weighted by Gasteiger charge is -2.06. The quantitative estimate of drug-likeness (QED) is 0.585. The van der Waals surface area contributed by atoms with Crippen LogP contribution < -0.4 is 16.4 Å². The summed E-state index contributed by atoms with van der Waals surface area (Å²) in [6.45, 7) is 3.69. The Morgan fingerprint density at radius 1 is 1.15 bits per heavy atom. The molecular formula is C15H23N3O2. The smallest absolute Gasteiger partial charge is 0.251 e. The molecule has 110 valence electrons. The molecule has 0 aliphatic rings. The number of benzene rings is 1. The zero-order valence-corrected chi connectivity index (χ0v) is 11.9. The molecule has 5 nitrogen and oxygen atoms in total. The molecule has 1 aromatic carbocycles. The Labute approximate surface area is 119 Å². The average Bonchev–Trinajstić information content (AvgIpc) is 2.44. The lowest BCUT2D eigenvalue weighted by molar-refractivity contribution is -0.117. The van der Waals surface area contributed by atoms with Gasteiger partial charge in [-0.15, -0.1) is 0 Å². The van der Waals surface area contributed by atoms with E-state index in [4.69, 9.17) is 5.73 Å². The zero-order chi connectivity index (χ0) is 14.8. The Balaban J connectivity index is 2.31. The van der Waals surface area contributed by atoms with E-state index in [0.29, 0.717) is 12.1 Å². The van der Waals surface area contributed by atoms with Crippen LogP contribution in [0.25, 0.3) is 0 Å². The fourth-order valence-corrected chi connectivity index (χ4v) is 1.79. The van der Waals surface area contributed by atoms with E-state index in [2.05, 4.69) is 10.6 Å². The molecule has 0 bridgehead atoms. The Morgan fingerprint density at radius 3 is 2.45 bits per heavy atom. The molecule has 0 aliphatic carbocycles. The van der Waals surface area contributed by atoms with E-state index in [1.165, 1.54) is 5.56 Å². The lowest BCUT2D eigenvalue weighted by Crippen LogP contribution is -2.29. The predicted octanol–water partition coefficient (Wildman–Crippen LogP) is 0.834. The highest BCUT2D eigenvalue weighted by Crippen LogP contribution is 2.06. The Kier molecular flexibility index (Phi) is 7.35. The molecule has 20 heavy (non-hydrogen) atoms. The predicted molar refractivity (Wildman–Crippen MR) is 79.5 cm³/mol. The van der Waals surface area contributed by atoms with Crippen molar-refractivity contribution < 1.29 is 9.59 Å². The number of primary amides is 1. The third-order valence-corrected chi connectivity index (χ3v) is 2.87. The molecular weight excluding hydrogens is 254 g/mol. The largest absolute Gasteiger partial charge is 0.369 e. The van der Waals surface area contributed by atoms with Crippen LogP contribution in [0.15, 0.2) is 24.3 Å². The minimum atomic E-state index is -0.340. The van der Waals surface area contributed by atoms with E-state index in [9.17, 15) is 9.59 Å². The lowest BCUT2D eigenvalue weighted by atomic mass is 10.1. The van der Waals surface area contributed by atoms with Crippen molar-refractivity contribution in [3.63, 3.8) is 0 Å². The zero-order valence-electron chi connectivity index (χ0n) is 11.9. The topological polar surface area (TPSA) is 84.2 Å². The van der Waals surface area contributed by atoms with E-state index in [1.54, 1.807) is 0 Å². The van der Waals surface area contributed by atoms with Crippen molar-refractivity contribution in [2.24, 2.45) is 5.73 Å². The van der Waals surface area contributed by atoms with Crippen molar-refractivity contribution in [2.75, 3.05) is 19.6 Å². The fraction of sp³-hybridized carbons (Fsp3) is 0.467. The summed E-state index contributed by atoms with van der Waals surface area (Å²) in [7, 11) is 0. The number of nitrogens with one attached hydrogen (secondary N) is 2. The monoisotopic (exact) mass is 277 g/mol. The third-order valence-electron chi connectivity index (χ3n) is 2.87. The Hall–Kier alpha value is -1.88. The highest BCUT2D eigenvalue weighted by atomic mass is 16.2. The SMILES string of the molecule is CCCNC(=O)c1ccc(CCCNCC(N)=O)cc1. The highest BCUT2D eigenvalue weighted by Gasteiger charge is 2.03. The van der Waals surface area contributed by atoms with Crippen molar-refractivity contribution in [3.8, 4) is 0 Å². The first-order chi connectivity index (χ1) is 9.63. The van der Waals surface area contributed by atoms with E-state index in [0.717, 1.165) is 25.8 Å². The number of carbonyl (C=O) groups is 2. The summed E-state index contributed by atoms with van der Waals surface area (Å²) in [5.41, 5.74) is 6.89. The van der Waals surface area contributed by atoms with Crippen LogP contribution >= 0.6 is 0 Å². The van der Waals surface area contributed by atoms with Crippen molar-refractivity contribution >= 4 is 11.8 Å². The molecule has 4 N–H and O–H groups in total. The summed E-state index contributed by atoms with van der Waals surface area (Å²) in [5, 5.41) is 5.82. The summed E-state index contributed by atoms with van der Waals surface area (Å²) in [6, 6.07) is 7.62. The van der Waals surface area contributed by atoms with Gasteiger partial charge in [0.15, 0.2) is 0 Å². The molecule has 0 saturated carbocycles. The molecule has 5 heteroatoms. The van der Waals surface area contributed by atoms with Gasteiger partial charge < -0.3 is 16.4 Å². The van der Waals surface area contributed by atoms with Crippen LogP contribution in [0.4, 0.5) is 0 Å². The number of aryl methyl sites for hydroxylation is 1. The van der Waals surface area contributed by atoms with Gasteiger partial charge in [0, 0.05) is 12.1 Å². The highest BCUT2D eigenvalue weighted by molar-refractivity contribution is 5.94. The summed E-state index contributed by atoms with van der Waals surface area (Å²) in [4.78, 5) is 22.2. The van der Waals surface area contributed by atoms with Crippen molar-refractivity contribution in [3.05, 3.63) is 35.4 Å². The van der Waals surface area contributed by atoms with Gasteiger partial charge in [0.2, 0.25) is 5.91 Å². The number of nitrogens with two attached hydrogens (primary N) is 1. The van der Waals surface area contributed by atoms with Crippen LogP contribution in [-0.2, 0) is 11.2 Å². The molecule has 0 fully saturated rings. The molecule has 0 radical (unpaired) electrons. The first kappa shape index (κ1) is 16.2. The van der Waals surface area contributed by atoms with Gasteiger partial charge in [-0.2, -0.15) is 0 Å². The molecule has 1 aromatic rings. The molecule has 0 aromatic heterocycles. The standard InChI is InChI=1S/C15H23N3O2/c1-2-9-18-15(20)13-7-5-12(6-8-13)4-3-10-17-11-14(16)19/h5-8,17H,2-4,9-11H2,1H3,(H2,16,19)(H,18,20). The first-order valence-corrected chi connectivity index (χ1v) is 6.99. The van der Waals surface area contributed by atoms with Crippen LogP contribution in [0.2, 0.25) is 0 Å². The second kappa shape index (κ2) is 9.09. The minimum Gasteiger partial charge on any atom is -0.369 e. The third kappa shape index (κ3) is 6.33. The average molecular weight is 277 g/mol. The maximum Gasteiger partial charge on any atom is 0.251 e. The molecule has 0 unspecified atom stereocenters. The van der Waals surface area contributed by atoms with Crippen LogP contribution in [0, 0.1) is 0 Å². The number of rotatable bonds is 9. The van der Waals surface area contributed by atoms with Crippen LogP contribution in [0.1, 0.15) is 35.7 Å². The number of carbonyl (C=O) groups excluding carboxylic acids is 2. The molecule has 0 atom stereocenters. The van der Waals surface area contributed by atoms with E-state index >= 15 is 0 Å². The Morgan fingerprint density at radius 2 is 1.85 bits per heavy atom. The molecule has 0 saturated heterocycles. The van der Waals surface area contributed by atoms with Crippen molar-refractivity contribution in [1.82, 2.24) is 10.6 Å². The van der Waals surface area contributed by atoms with Crippen molar-refractivity contribution in [2.45, 2.75) is 26.2 Å². The normalized spacial score (nSPS) is 10.2. The van der Waals surface area contributed by atoms with Gasteiger partial charge in [0.1, 0.15) is 0 Å². The van der Waals surface area contributed by atoms with Crippen molar-refractivity contribution in [1.29, 1.82) is 0 Å². The molecule has 0 aliphatic heterocycles. The molecule has 0 spiro atoms. The summed E-state index contributed by atoms with van der Waals surface area (Å²) in [6.07, 6.45) is 2.76. The molecule has 1 rings (SSSR count). The van der Waals surface area contributed by atoms with Gasteiger partial charge in [-0.1, -0.05) is 19.1 Å². The fourth-order valence-electron chi connectivity index (χ4n) is 1.79. The summed E-state index contributed by atoms with van der Waals surface area (Å²) < 4.78 is 0. The van der Waals surface area contributed by atoms with E-state index in [-0.39, 0.29) is 18.4 Å². The first-order valence-electron chi connectivity index (χ1n) is 6.99. The second-order valence-electron chi connectivity index (χ2n) is 4.70. The van der Waals surface area contributed by atoms with Crippen LogP contribution in [0.5, 0.6) is 0 Å². The number of amides is 2. The van der Waals surface area contributed by atoms with Gasteiger partial charge in [-0.05, 0) is 43.5 Å². The van der Waals surface area contributed by atoms with Gasteiger partial charge >= 0.3 is 0 Å². The van der Waals surface area contributed by atoms with Crippen LogP contribution in [0.3, 0.4) is 0 Å². The second-order valence-corrected chi connectivity index (χ2v) is 4.70. The van der Waals surface area contributed by atoms with Gasteiger partial charge in [0.05, 0.1) is 6.54 Å². The van der Waals surface area contributed by atoms with Gasteiger partial charge in [-0.25, -0.2) is 0 Å². The summed E-state index contributed by atoms with van der Waals surface area (Å²) >= 11 is 0. The summed E-state index contributed by atoms with van der Waals surface area (Å²) in [5.74, 6) is -0.367. The maximum atomic E-state index is 11.7. The van der Waals surface area contributed by atoms with Gasteiger partial charge in [-0.3, -0.25) is 9.59 Å². The Bertz CT molecular complexity index is 429. The molecule has 0 heterocycles. The molecule has 2 amide bonds. The minimum absolute atomic E-state index is 0.0264. The van der Waals surface area contributed by atoms with E-state index < -0.39 is 0 Å². The maximum absolute atomic E-state index is 11.7.